The van der Waals surface area contributed by atoms with Gasteiger partial charge in [-0.25, -0.2) is 4.79 Å². The highest BCUT2D eigenvalue weighted by molar-refractivity contribution is 8.00. The van der Waals surface area contributed by atoms with Crippen LogP contribution < -0.4 is 10.6 Å². The summed E-state index contributed by atoms with van der Waals surface area (Å²) in [7, 11) is 1.28. The molecule has 2 N–H and O–H groups in total. The van der Waals surface area contributed by atoms with Gasteiger partial charge in [-0.15, -0.1) is 23.1 Å². The van der Waals surface area contributed by atoms with E-state index >= 15 is 0 Å². The number of nitro benzene ring substituents is 1. The number of fused-ring (bicyclic) bond motifs is 1. The number of benzene rings is 2. The minimum atomic E-state index is -0.570. The SMILES string of the molecule is COC(=O)c1c(NC(=O)CSc2cccc(NC(=O)c3cccc([N+](=O)[O-])c3)c2)sc2c1CCN(C(C)=O)C2. The fourth-order valence-electron chi connectivity index (χ4n) is 4.02. The van der Waals surface area contributed by atoms with Crippen LogP contribution in [0, 0.1) is 10.1 Å². The van der Waals surface area contributed by atoms with Crippen molar-refractivity contribution in [2.24, 2.45) is 0 Å². The number of carbonyl (C=O) groups excluding carboxylic acids is 4. The highest BCUT2D eigenvalue weighted by Gasteiger charge is 2.30. The highest BCUT2D eigenvalue weighted by Crippen LogP contribution is 2.38. The number of carbonyl (C=O) groups is 4. The quantitative estimate of drug-likeness (QED) is 0.177. The number of hydrogen-bond acceptors (Lipinski definition) is 9. The molecule has 0 unspecified atom stereocenters. The molecule has 0 spiro atoms. The topological polar surface area (TPSA) is 148 Å². The number of amides is 3. The summed E-state index contributed by atoms with van der Waals surface area (Å²) in [4.78, 5) is 63.3. The first-order chi connectivity index (χ1) is 18.7. The number of nitro groups is 1. The first-order valence-electron chi connectivity index (χ1n) is 11.7. The number of rotatable bonds is 8. The van der Waals surface area contributed by atoms with Crippen LogP contribution in [0.5, 0.6) is 0 Å². The summed E-state index contributed by atoms with van der Waals surface area (Å²) in [6.07, 6.45) is 0.495. The predicted octanol–water partition coefficient (Wildman–Crippen LogP) is 4.33. The Balaban J connectivity index is 1.41. The molecule has 2 aromatic carbocycles. The van der Waals surface area contributed by atoms with Crippen LogP contribution in [0.1, 0.15) is 38.1 Å². The molecule has 4 rings (SSSR count). The van der Waals surface area contributed by atoms with E-state index in [0.717, 1.165) is 10.4 Å². The van der Waals surface area contributed by atoms with E-state index < -0.39 is 16.8 Å². The summed E-state index contributed by atoms with van der Waals surface area (Å²) in [6.45, 7) is 2.35. The number of methoxy groups -OCH3 is 1. The second kappa shape index (κ2) is 12.1. The lowest BCUT2D eigenvalue weighted by Crippen LogP contribution is -2.33. The van der Waals surface area contributed by atoms with Gasteiger partial charge in [-0.2, -0.15) is 0 Å². The number of nitrogens with zero attached hydrogens (tertiary/aromatic N) is 2. The van der Waals surface area contributed by atoms with E-state index in [1.807, 2.05) is 0 Å². The molecule has 0 fully saturated rings. The standard InChI is InChI=1S/C26H24N4O7S2/c1-15(31)29-10-9-20-21(13-29)39-25(23(20)26(34)37-2)28-22(32)14-38-19-8-4-6-17(12-19)27-24(33)16-5-3-7-18(11-16)30(35)36/h3-8,11-12H,9-10,13-14H2,1-2H3,(H,27,33)(H,28,32). The molecule has 1 aliphatic heterocycles. The van der Waals surface area contributed by atoms with E-state index in [0.29, 0.717) is 40.7 Å². The molecule has 0 saturated carbocycles. The van der Waals surface area contributed by atoms with Gasteiger partial charge in [-0.05, 0) is 36.2 Å². The fourth-order valence-corrected chi connectivity index (χ4v) is 6.04. The van der Waals surface area contributed by atoms with Crippen molar-refractivity contribution in [3.05, 3.63) is 80.2 Å². The Morgan fingerprint density at radius 3 is 2.62 bits per heavy atom. The van der Waals surface area contributed by atoms with Crippen molar-refractivity contribution in [1.29, 1.82) is 0 Å². The smallest absolute Gasteiger partial charge is 0.341 e. The van der Waals surface area contributed by atoms with E-state index in [2.05, 4.69) is 10.6 Å². The zero-order chi connectivity index (χ0) is 28.1. The minimum absolute atomic E-state index is 0.0328. The molecule has 0 aliphatic carbocycles. The molecule has 0 radical (unpaired) electrons. The molecule has 39 heavy (non-hydrogen) atoms. The normalized spacial score (nSPS) is 12.3. The van der Waals surface area contributed by atoms with Gasteiger partial charge in [0.25, 0.3) is 11.6 Å². The van der Waals surface area contributed by atoms with E-state index in [1.54, 1.807) is 29.2 Å². The van der Waals surface area contributed by atoms with Gasteiger partial charge in [0.05, 0.1) is 29.9 Å². The van der Waals surface area contributed by atoms with Crippen LogP contribution in [-0.2, 0) is 27.3 Å². The van der Waals surface area contributed by atoms with Crippen molar-refractivity contribution < 1.29 is 28.8 Å². The minimum Gasteiger partial charge on any atom is -0.465 e. The summed E-state index contributed by atoms with van der Waals surface area (Å²) >= 11 is 2.49. The number of esters is 1. The van der Waals surface area contributed by atoms with Crippen molar-refractivity contribution >= 4 is 63.2 Å². The molecular weight excluding hydrogens is 544 g/mol. The lowest BCUT2D eigenvalue weighted by atomic mass is 10.0. The average Bonchev–Trinajstić information content (AvgIpc) is 3.28. The van der Waals surface area contributed by atoms with Crippen LogP contribution in [0.25, 0.3) is 0 Å². The van der Waals surface area contributed by atoms with Gasteiger partial charge in [0.1, 0.15) is 5.00 Å². The Labute approximate surface area is 231 Å². The molecule has 11 nitrogen and oxygen atoms in total. The molecule has 0 saturated heterocycles. The van der Waals surface area contributed by atoms with Gasteiger partial charge in [-0.1, -0.05) is 12.1 Å². The van der Waals surface area contributed by atoms with Crippen LogP contribution >= 0.6 is 23.1 Å². The third kappa shape index (κ3) is 6.62. The van der Waals surface area contributed by atoms with Gasteiger partial charge in [0, 0.05) is 46.6 Å². The Morgan fingerprint density at radius 2 is 1.90 bits per heavy atom. The number of non-ortho nitro benzene ring substituents is 1. The monoisotopic (exact) mass is 568 g/mol. The lowest BCUT2D eigenvalue weighted by Gasteiger charge is -2.25. The molecule has 202 valence electrons. The maximum Gasteiger partial charge on any atom is 0.341 e. The lowest BCUT2D eigenvalue weighted by molar-refractivity contribution is -0.384. The molecular formula is C26H24N4O7S2. The number of thioether (sulfide) groups is 1. The summed E-state index contributed by atoms with van der Waals surface area (Å²) < 4.78 is 4.94. The number of hydrogen-bond donors (Lipinski definition) is 2. The maximum absolute atomic E-state index is 12.8. The van der Waals surface area contributed by atoms with Crippen molar-refractivity contribution in [3.63, 3.8) is 0 Å². The number of nitrogens with one attached hydrogen (secondary N) is 2. The zero-order valence-corrected chi connectivity index (χ0v) is 22.6. The van der Waals surface area contributed by atoms with Gasteiger partial charge in [0.15, 0.2) is 0 Å². The first kappa shape index (κ1) is 27.8. The molecule has 0 atom stereocenters. The van der Waals surface area contributed by atoms with E-state index in [1.165, 1.54) is 61.4 Å². The van der Waals surface area contributed by atoms with Crippen molar-refractivity contribution in [3.8, 4) is 0 Å². The molecule has 1 aliphatic rings. The molecule has 3 amide bonds. The number of anilines is 2. The van der Waals surface area contributed by atoms with E-state index in [9.17, 15) is 29.3 Å². The predicted molar refractivity (Wildman–Crippen MR) is 147 cm³/mol. The summed E-state index contributed by atoms with van der Waals surface area (Å²) in [5.41, 5.74) is 1.54. The van der Waals surface area contributed by atoms with E-state index in [4.69, 9.17) is 4.74 Å². The largest absolute Gasteiger partial charge is 0.465 e. The van der Waals surface area contributed by atoms with Gasteiger partial charge >= 0.3 is 5.97 Å². The molecule has 2 heterocycles. The summed E-state index contributed by atoms with van der Waals surface area (Å²) in [5, 5.41) is 16.9. The fraction of sp³-hybridized carbons (Fsp3) is 0.231. The van der Waals surface area contributed by atoms with Crippen LogP contribution in [0.15, 0.2) is 53.4 Å². The Kier molecular flexibility index (Phi) is 8.62. The maximum atomic E-state index is 12.8. The first-order valence-corrected chi connectivity index (χ1v) is 13.5. The summed E-state index contributed by atoms with van der Waals surface area (Å²) in [6, 6.07) is 12.3. The highest BCUT2D eigenvalue weighted by atomic mass is 32.2. The Morgan fingerprint density at radius 1 is 1.13 bits per heavy atom. The van der Waals surface area contributed by atoms with Crippen LogP contribution in [0.4, 0.5) is 16.4 Å². The zero-order valence-electron chi connectivity index (χ0n) is 21.0. The second-order valence-corrected chi connectivity index (χ2v) is 10.7. The van der Waals surface area contributed by atoms with Crippen LogP contribution in [0.3, 0.4) is 0 Å². The van der Waals surface area contributed by atoms with E-state index in [-0.39, 0.29) is 28.8 Å². The molecule has 3 aromatic rings. The van der Waals surface area contributed by atoms with Gasteiger partial charge in [0.2, 0.25) is 11.8 Å². The summed E-state index contributed by atoms with van der Waals surface area (Å²) in [5.74, 6) is -1.40. The Hall–Kier alpha value is -4.23. The Bertz CT molecular complexity index is 1470. The van der Waals surface area contributed by atoms with Crippen molar-refractivity contribution in [2.75, 3.05) is 30.0 Å². The van der Waals surface area contributed by atoms with Gasteiger partial charge in [-0.3, -0.25) is 24.5 Å². The number of ether oxygens (including phenoxy) is 1. The second-order valence-electron chi connectivity index (χ2n) is 8.52. The van der Waals surface area contributed by atoms with Crippen molar-refractivity contribution in [1.82, 2.24) is 4.90 Å². The number of thiophene rings is 1. The van der Waals surface area contributed by atoms with Crippen molar-refractivity contribution in [2.45, 2.75) is 24.8 Å². The third-order valence-electron chi connectivity index (χ3n) is 5.93. The van der Waals surface area contributed by atoms with Crippen LogP contribution in [-0.4, -0.2) is 52.9 Å². The average molecular weight is 569 g/mol. The molecule has 13 heteroatoms. The molecule has 1 aromatic heterocycles. The third-order valence-corrected chi connectivity index (χ3v) is 8.05. The van der Waals surface area contributed by atoms with Gasteiger partial charge < -0.3 is 20.3 Å². The molecule has 0 bridgehead atoms. The van der Waals surface area contributed by atoms with Crippen LogP contribution in [0.2, 0.25) is 0 Å².